The first-order valence-electron chi connectivity index (χ1n) is 9.59. The number of fused-ring (bicyclic) bond motifs is 2. The molecule has 3 heteroatoms. The number of piperidine rings is 2. The number of ether oxygens (including phenoxy) is 1. The largest absolute Gasteiger partial charge is 0.466 e. The smallest absolute Gasteiger partial charge is 0.310 e. The van der Waals surface area contributed by atoms with Crippen LogP contribution in [0.25, 0.3) is 0 Å². The minimum atomic E-state index is 0.0248. The summed E-state index contributed by atoms with van der Waals surface area (Å²) in [7, 11) is 2.23. The molecule has 3 fully saturated rings. The van der Waals surface area contributed by atoms with Crippen LogP contribution in [0.15, 0.2) is 24.3 Å². The molecule has 2 saturated heterocycles. The summed E-state index contributed by atoms with van der Waals surface area (Å²) in [6.45, 7) is 4.70. The van der Waals surface area contributed by atoms with Crippen LogP contribution in [0.3, 0.4) is 0 Å². The van der Waals surface area contributed by atoms with Crippen molar-refractivity contribution in [3.8, 4) is 0 Å². The number of benzene rings is 1. The second-order valence-corrected chi connectivity index (χ2v) is 7.97. The maximum absolute atomic E-state index is 12.5. The Kier molecular flexibility index (Phi) is 3.95. The molecule has 3 nitrogen and oxygen atoms in total. The van der Waals surface area contributed by atoms with Crippen LogP contribution in [0.1, 0.15) is 50.7 Å². The molecule has 4 aliphatic rings. The molecule has 4 unspecified atom stereocenters. The van der Waals surface area contributed by atoms with Crippen LogP contribution >= 0.6 is 0 Å². The fourth-order valence-electron chi connectivity index (χ4n) is 6.18. The third kappa shape index (κ3) is 2.10. The summed E-state index contributed by atoms with van der Waals surface area (Å²) in [5, 5.41) is 0. The normalized spacial score (nSPS) is 37.1. The molecule has 0 amide bonds. The Bertz CT molecular complexity index is 642. The van der Waals surface area contributed by atoms with Gasteiger partial charge >= 0.3 is 5.97 Å². The zero-order valence-corrected chi connectivity index (χ0v) is 15.1. The standard InChI is InChI=1S/C21H29NO2/c1-4-10-21-13-19-15(20(23)24-5-2)12-17(21)18(22(19)3)11-14-8-6-7-9-16(14)21/h6-9,15,17-19H,4-5,10-13H2,1-3H3/t15?,17?,18?,19?,21-/m1/s1. The summed E-state index contributed by atoms with van der Waals surface area (Å²) in [4.78, 5) is 15.0. The quantitative estimate of drug-likeness (QED) is 0.792. The first-order chi connectivity index (χ1) is 11.6. The SMILES string of the molecule is CCC[C@]12CC3C(C(=O)OCC)CC1C(Cc1ccccc12)N3C. The van der Waals surface area contributed by atoms with Gasteiger partial charge in [-0.2, -0.15) is 0 Å². The lowest BCUT2D eigenvalue weighted by Crippen LogP contribution is -2.69. The van der Waals surface area contributed by atoms with E-state index in [2.05, 4.69) is 43.1 Å². The molecule has 24 heavy (non-hydrogen) atoms. The zero-order valence-electron chi connectivity index (χ0n) is 15.1. The van der Waals surface area contributed by atoms with Crippen molar-refractivity contribution in [1.82, 2.24) is 4.90 Å². The molecule has 1 saturated carbocycles. The molecule has 1 aromatic carbocycles. The lowest BCUT2D eigenvalue weighted by Gasteiger charge is -2.64. The molecule has 2 aliphatic heterocycles. The van der Waals surface area contributed by atoms with Crippen molar-refractivity contribution in [3.63, 3.8) is 0 Å². The van der Waals surface area contributed by atoms with E-state index >= 15 is 0 Å². The summed E-state index contributed by atoms with van der Waals surface area (Å²) < 4.78 is 5.40. The summed E-state index contributed by atoms with van der Waals surface area (Å²) in [5.41, 5.74) is 3.38. The first kappa shape index (κ1) is 16.1. The van der Waals surface area contributed by atoms with Crippen LogP contribution in [0.5, 0.6) is 0 Å². The van der Waals surface area contributed by atoms with Crippen molar-refractivity contribution in [1.29, 1.82) is 0 Å². The molecule has 0 N–H and O–H groups in total. The van der Waals surface area contributed by atoms with Gasteiger partial charge in [-0.25, -0.2) is 0 Å². The van der Waals surface area contributed by atoms with Gasteiger partial charge in [-0.05, 0) is 56.7 Å². The highest BCUT2D eigenvalue weighted by molar-refractivity contribution is 5.74. The van der Waals surface area contributed by atoms with E-state index in [-0.39, 0.29) is 17.3 Å². The fraction of sp³-hybridized carbons (Fsp3) is 0.667. The van der Waals surface area contributed by atoms with Crippen LogP contribution in [0.2, 0.25) is 0 Å². The summed E-state index contributed by atoms with van der Waals surface area (Å²) in [5.74, 6) is 0.667. The topological polar surface area (TPSA) is 29.5 Å². The van der Waals surface area contributed by atoms with Crippen LogP contribution < -0.4 is 0 Å². The van der Waals surface area contributed by atoms with Crippen molar-refractivity contribution in [3.05, 3.63) is 35.4 Å². The van der Waals surface area contributed by atoms with Crippen molar-refractivity contribution < 1.29 is 9.53 Å². The summed E-state index contributed by atoms with van der Waals surface area (Å²) in [6, 6.07) is 9.97. The number of hydrogen-bond acceptors (Lipinski definition) is 3. The maximum atomic E-state index is 12.5. The van der Waals surface area contributed by atoms with E-state index in [1.807, 2.05) is 6.92 Å². The van der Waals surface area contributed by atoms with Crippen molar-refractivity contribution >= 4 is 5.97 Å². The molecule has 5 atom stereocenters. The number of rotatable bonds is 4. The van der Waals surface area contributed by atoms with Gasteiger partial charge < -0.3 is 4.74 Å². The third-order valence-corrected chi connectivity index (χ3v) is 7.03. The van der Waals surface area contributed by atoms with Gasteiger partial charge in [0, 0.05) is 17.5 Å². The van der Waals surface area contributed by atoms with E-state index < -0.39 is 0 Å². The average Bonchev–Trinajstić information content (AvgIpc) is 2.59. The van der Waals surface area contributed by atoms with Gasteiger partial charge in [0.15, 0.2) is 0 Å². The molecule has 2 aliphatic carbocycles. The van der Waals surface area contributed by atoms with Crippen LogP contribution in [-0.2, 0) is 21.4 Å². The van der Waals surface area contributed by atoms with Crippen LogP contribution in [0.4, 0.5) is 0 Å². The first-order valence-corrected chi connectivity index (χ1v) is 9.59. The zero-order chi connectivity index (χ0) is 16.9. The Morgan fingerprint density at radius 1 is 1.29 bits per heavy atom. The van der Waals surface area contributed by atoms with Gasteiger partial charge in [0.25, 0.3) is 0 Å². The molecule has 5 rings (SSSR count). The number of nitrogens with zero attached hydrogens (tertiary/aromatic N) is 1. The van der Waals surface area contributed by atoms with E-state index in [0.717, 1.165) is 19.3 Å². The number of esters is 1. The van der Waals surface area contributed by atoms with Crippen molar-refractivity contribution in [2.45, 2.75) is 63.5 Å². The Hall–Kier alpha value is -1.35. The van der Waals surface area contributed by atoms with Crippen LogP contribution in [0, 0.1) is 11.8 Å². The Morgan fingerprint density at radius 3 is 2.83 bits per heavy atom. The van der Waals surface area contributed by atoms with Crippen LogP contribution in [-0.4, -0.2) is 36.6 Å². The lowest BCUT2D eigenvalue weighted by atomic mass is 9.48. The van der Waals surface area contributed by atoms with E-state index in [1.54, 1.807) is 5.56 Å². The molecule has 2 heterocycles. The van der Waals surface area contributed by atoms with Gasteiger partial charge in [-0.15, -0.1) is 0 Å². The summed E-state index contributed by atoms with van der Waals surface area (Å²) in [6.07, 6.45) is 5.70. The van der Waals surface area contributed by atoms with E-state index in [0.29, 0.717) is 24.6 Å². The molecule has 0 aromatic heterocycles. The average molecular weight is 327 g/mol. The number of likely N-dealkylation sites (N-methyl/N-ethyl adjacent to an activating group) is 1. The van der Waals surface area contributed by atoms with Gasteiger partial charge in [0.1, 0.15) is 0 Å². The molecule has 4 bridgehead atoms. The minimum Gasteiger partial charge on any atom is -0.466 e. The lowest BCUT2D eigenvalue weighted by molar-refractivity contribution is -0.165. The maximum Gasteiger partial charge on any atom is 0.310 e. The monoisotopic (exact) mass is 327 g/mol. The molecule has 1 aromatic rings. The Labute approximate surface area is 145 Å². The second kappa shape index (κ2) is 5.87. The highest BCUT2D eigenvalue weighted by Gasteiger charge is 2.61. The number of carbonyl (C=O) groups is 1. The van der Waals surface area contributed by atoms with E-state index in [9.17, 15) is 4.79 Å². The fourth-order valence-corrected chi connectivity index (χ4v) is 6.18. The van der Waals surface area contributed by atoms with Gasteiger partial charge in [-0.1, -0.05) is 37.6 Å². The Balaban J connectivity index is 1.77. The van der Waals surface area contributed by atoms with E-state index in [4.69, 9.17) is 4.74 Å². The molecule has 0 radical (unpaired) electrons. The van der Waals surface area contributed by atoms with Gasteiger partial charge in [0.2, 0.25) is 0 Å². The predicted molar refractivity (Wildman–Crippen MR) is 94.9 cm³/mol. The molecule has 0 spiro atoms. The molecular weight excluding hydrogens is 298 g/mol. The summed E-state index contributed by atoms with van der Waals surface area (Å²) >= 11 is 0. The van der Waals surface area contributed by atoms with Crippen molar-refractivity contribution in [2.75, 3.05) is 13.7 Å². The van der Waals surface area contributed by atoms with Crippen molar-refractivity contribution in [2.24, 2.45) is 11.8 Å². The minimum absolute atomic E-state index is 0.0248. The molecular formula is C21H29NO2. The Morgan fingerprint density at radius 2 is 2.08 bits per heavy atom. The number of carbonyl (C=O) groups excluding carboxylic acids is 1. The number of hydrogen-bond donors (Lipinski definition) is 0. The third-order valence-electron chi connectivity index (χ3n) is 7.03. The van der Waals surface area contributed by atoms with Gasteiger partial charge in [-0.3, -0.25) is 9.69 Å². The van der Waals surface area contributed by atoms with Gasteiger partial charge in [0.05, 0.1) is 12.5 Å². The highest BCUT2D eigenvalue weighted by Crippen LogP contribution is 2.59. The second-order valence-electron chi connectivity index (χ2n) is 7.97. The predicted octanol–water partition coefficient (Wildman–Crippen LogP) is 3.55. The molecule has 130 valence electrons. The van der Waals surface area contributed by atoms with E-state index in [1.165, 1.54) is 18.4 Å². The highest BCUT2D eigenvalue weighted by atomic mass is 16.5.